The lowest BCUT2D eigenvalue weighted by Crippen LogP contribution is -2.43. The van der Waals surface area contributed by atoms with E-state index in [-0.39, 0.29) is 0 Å². The van der Waals surface area contributed by atoms with Crippen molar-refractivity contribution in [3.8, 4) is 10.9 Å². The predicted octanol–water partition coefficient (Wildman–Crippen LogP) is 5.63. The Morgan fingerprint density at radius 2 is 1.87 bits per heavy atom. The van der Waals surface area contributed by atoms with Crippen LogP contribution in [0, 0.1) is 0 Å². The van der Waals surface area contributed by atoms with Crippen molar-refractivity contribution in [2.75, 3.05) is 26.2 Å². The number of aromatic nitrogens is 2. The average Bonchev–Trinajstić information content (AvgIpc) is 3.54. The molecule has 4 heterocycles. The van der Waals surface area contributed by atoms with Gasteiger partial charge in [-0.2, -0.15) is 0 Å². The number of aromatic amines is 1. The third kappa shape index (κ3) is 3.95. The van der Waals surface area contributed by atoms with E-state index in [9.17, 15) is 0 Å². The summed E-state index contributed by atoms with van der Waals surface area (Å²) in [6, 6.07) is 15.3. The van der Waals surface area contributed by atoms with E-state index in [2.05, 4.69) is 50.2 Å². The van der Waals surface area contributed by atoms with Gasteiger partial charge in [0.25, 0.3) is 5.19 Å². The van der Waals surface area contributed by atoms with E-state index in [0.29, 0.717) is 5.19 Å². The van der Waals surface area contributed by atoms with Crippen molar-refractivity contribution in [2.24, 2.45) is 0 Å². The molecule has 160 valence electrons. The van der Waals surface area contributed by atoms with Crippen molar-refractivity contribution in [3.63, 3.8) is 0 Å². The molecule has 2 aromatic heterocycles. The molecule has 4 aromatic rings. The van der Waals surface area contributed by atoms with Gasteiger partial charge in [0.05, 0.1) is 10.2 Å². The summed E-state index contributed by atoms with van der Waals surface area (Å²) in [6.45, 7) is 6.05. The van der Waals surface area contributed by atoms with Crippen LogP contribution >= 0.6 is 11.3 Å². The second kappa shape index (κ2) is 8.26. The Bertz CT molecular complexity index is 1150. The van der Waals surface area contributed by atoms with Gasteiger partial charge in [-0.3, -0.25) is 4.90 Å². The molecule has 0 atom stereocenters. The molecule has 0 spiro atoms. The highest BCUT2D eigenvalue weighted by molar-refractivity contribution is 7.20. The molecular weight excluding hydrogens is 404 g/mol. The topological polar surface area (TPSA) is 44.4 Å². The maximum Gasteiger partial charge on any atom is 0.279 e. The number of para-hydroxylation sites is 1. The van der Waals surface area contributed by atoms with Crippen LogP contribution in [0.1, 0.15) is 31.2 Å². The Kier molecular flexibility index (Phi) is 5.14. The predicted molar refractivity (Wildman–Crippen MR) is 127 cm³/mol. The summed E-state index contributed by atoms with van der Waals surface area (Å²) in [5.74, 6) is 0.825. The van der Waals surface area contributed by atoms with E-state index in [1.54, 1.807) is 11.3 Å². The average molecular weight is 433 g/mol. The number of nitrogens with one attached hydrogen (secondary N) is 1. The van der Waals surface area contributed by atoms with Crippen molar-refractivity contribution in [1.82, 2.24) is 19.8 Å². The zero-order valence-electron chi connectivity index (χ0n) is 17.7. The number of nitrogens with zero attached hydrogens (tertiary/aromatic N) is 3. The van der Waals surface area contributed by atoms with Gasteiger partial charge in [0.15, 0.2) is 0 Å². The molecule has 0 saturated carbocycles. The molecule has 0 amide bonds. The first-order valence-corrected chi connectivity index (χ1v) is 12.2. The number of piperidine rings is 1. The lowest BCUT2D eigenvalue weighted by atomic mass is 10.0. The van der Waals surface area contributed by atoms with Gasteiger partial charge in [-0.15, -0.1) is 0 Å². The van der Waals surface area contributed by atoms with Crippen molar-refractivity contribution >= 4 is 32.5 Å². The molecule has 2 aliphatic heterocycles. The summed E-state index contributed by atoms with van der Waals surface area (Å²) in [5, 5.41) is 1.98. The minimum atomic E-state index is 0.688. The van der Waals surface area contributed by atoms with Gasteiger partial charge in [0, 0.05) is 35.8 Å². The van der Waals surface area contributed by atoms with E-state index in [4.69, 9.17) is 4.74 Å². The molecule has 2 saturated heterocycles. The molecule has 2 aromatic carbocycles. The number of hydrogen-bond acceptors (Lipinski definition) is 5. The minimum Gasteiger partial charge on any atom is -0.431 e. The van der Waals surface area contributed by atoms with Crippen LogP contribution in [0.5, 0.6) is 10.9 Å². The first-order chi connectivity index (χ1) is 15.3. The maximum absolute atomic E-state index is 6.06. The summed E-state index contributed by atoms with van der Waals surface area (Å²) >= 11 is 1.58. The Morgan fingerprint density at radius 1 is 1.03 bits per heavy atom. The Morgan fingerprint density at radius 3 is 2.71 bits per heavy atom. The van der Waals surface area contributed by atoms with Crippen LogP contribution in [0.2, 0.25) is 0 Å². The summed E-state index contributed by atoms with van der Waals surface area (Å²) in [6.07, 6.45) is 7.56. The molecule has 0 unspecified atom stereocenters. The van der Waals surface area contributed by atoms with E-state index in [1.165, 1.54) is 62.8 Å². The fourth-order valence-electron chi connectivity index (χ4n) is 5.15. The smallest absolute Gasteiger partial charge is 0.279 e. The largest absolute Gasteiger partial charge is 0.431 e. The number of thiazole rings is 1. The van der Waals surface area contributed by atoms with Gasteiger partial charge in [0.2, 0.25) is 0 Å². The number of benzene rings is 2. The van der Waals surface area contributed by atoms with Gasteiger partial charge in [-0.05, 0) is 81.7 Å². The lowest BCUT2D eigenvalue weighted by molar-refractivity contribution is 0.123. The van der Waals surface area contributed by atoms with Gasteiger partial charge >= 0.3 is 0 Å². The Hall–Kier alpha value is -2.41. The van der Waals surface area contributed by atoms with Crippen LogP contribution in [0.15, 0.2) is 48.7 Å². The highest BCUT2D eigenvalue weighted by atomic mass is 32.1. The SMILES string of the molecule is c1ccc2sc(Oc3ccc4c(CN5CCC(N6CCCC6)CC5)c[nH]c4c3)nc2c1. The molecule has 0 bridgehead atoms. The standard InChI is InChI=1S/C25H28N4OS/c1-2-6-24-22(5-1)27-25(31-24)30-20-7-8-21-18(16-26-23(21)15-20)17-28-13-9-19(10-14-28)29-11-3-4-12-29/h1-2,5-8,15-16,19,26H,3-4,9-14,17H2. The molecule has 6 rings (SSSR count). The Balaban J connectivity index is 1.13. The fourth-order valence-corrected chi connectivity index (χ4v) is 5.98. The van der Waals surface area contributed by atoms with Gasteiger partial charge in [0.1, 0.15) is 5.75 Å². The number of fused-ring (bicyclic) bond motifs is 2. The molecule has 31 heavy (non-hydrogen) atoms. The fraction of sp³-hybridized carbons (Fsp3) is 0.400. The summed E-state index contributed by atoms with van der Waals surface area (Å²) < 4.78 is 7.21. The van der Waals surface area contributed by atoms with E-state index >= 15 is 0 Å². The number of H-pyrrole nitrogens is 1. The number of hydrogen-bond donors (Lipinski definition) is 1. The third-order valence-corrected chi connectivity index (χ3v) is 7.74. The maximum atomic E-state index is 6.06. The van der Waals surface area contributed by atoms with Gasteiger partial charge < -0.3 is 14.6 Å². The van der Waals surface area contributed by atoms with Crippen molar-refractivity contribution in [1.29, 1.82) is 0 Å². The normalized spacial score (nSPS) is 19.0. The molecular formula is C25H28N4OS. The zero-order valence-corrected chi connectivity index (χ0v) is 18.5. The Labute approximate surface area is 186 Å². The van der Waals surface area contributed by atoms with Crippen LogP contribution in [0.25, 0.3) is 21.1 Å². The monoisotopic (exact) mass is 432 g/mol. The molecule has 5 nitrogen and oxygen atoms in total. The van der Waals surface area contributed by atoms with Crippen molar-refractivity contribution < 1.29 is 4.74 Å². The molecule has 2 aliphatic rings. The second-order valence-corrected chi connectivity index (χ2v) is 9.81. The number of ether oxygens (including phenoxy) is 1. The highest BCUT2D eigenvalue weighted by Crippen LogP contribution is 2.33. The third-order valence-electron chi connectivity index (χ3n) is 6.83. The zero-order chi connectivity index (χ0) is 20.6. The molecule has 2 fully saturated rings. The molecule has 6 heteroatoms. The first kappa shape index (κ1) is 19.3. The molecule has 0 radical (unpaired) electrons. The minimum absolute atomic E-state index is 0.688. The van der Waals surface area contributed by atoms with Crippen LogP contribution in [-0.4, -0.2) is 52.0 Å². The van der Waals surface area contributed by atoms with Crippen LogP contribution in [0.3, 0.4) is 0 Å². The van der Waals surface area contributed by atoms with Crippen molar-refractivity contribution in [3.05, 3.63) is 54.2 Å². The van der Waals surface area contributed by atoms with Crippen LogP contribution < -0.4 is 4.74 Å². The summed E-state index contributed by atoms with van der Waals surface area (Å²) in [7, 11) is 0. The van der Waals surface area contributed by atoms with Gasteiger partial charge in [-0.1, -0.05) is 23.5 Å². The van der Waals surface area contributed by atoms with E-state index in [1.807, 2.05) is 18.2 Å². The van der Waals surface area contributed by atoms with E-state index in [0.717, 1.165) is 34.1 Å². The number of likely N-dealkylation sites (tertiary alicyclic amines) is 2. The highest BCUT2D eigenvalue weighted by Gasteiger charge is 2.26. The summed E-state index contributed by atoms with van der Waals surface area (Å²) in [5.41, 5.74) is 3.49. The molecule has 0 aliphatic carbocycles. The number of rotatable bonds is 5. The lowest BCUT2D eigenvalue weighted by Gasteiger charge is -2.36. The van der Waals surface area contributed by atoms with E-state index < -0.39 is 0 Å². The molecule has 1 N–H and O–H groups in total. The first-order valence-electron chi connectivity index (χ1n) is 11.4. The quantitative estimate of drug-likeness (QED) is 0.444. The summed E-state index contributed by atoms with van der Waals surface area (Å²) in [4.78, 5) is 13.4. The van der Waals surface area contributed by atoms with Crippen LogP contribution in [-0.2, 0) is 6.54 Å². The van der Waals surface area contributed by atoms with Crippen molar-refractivity contribution in [2.45, 2.75) is 38.3 Å². The second-order valence-electron chi connectivity index (χ2n) is 8.82. The van der Waals surface area contributed by atoms with Crippen LogP contribution in [0.4, 0.5) is 0 Å². The van der Waals surface area contributed by atoms with Gasteiger partial charge in [-0.25, -0.2) is 4.98 Å².